The molecule has 1 saturated heterocycles. The van der Waals surface area contributed by atoms with Gasteiger partial charge in [-0.1, -0.05) is 42.5 Å². The average Bonchev–Trinajstić information content (AvgIpc) is 3.32. The van der Waals surface area contributed by atoms with Crippen LogP contribution in [0.15, 0.2) is 64.5 Å². The number of hydrogen-bond donors (Lipinski definition) is 2. The van der Waals surface area contributed by atoms with Gasteiger partial charge in [-0.05, 0) is 55.9 Å². The molecule has 0 bridgehead atoms. The third-order valence-electron chi connectivity index (χ3n) is 5.40. The fraction of sp³-hybridized carbons (Fsp3) is 0.435. The van der Waals surface area contributed by atoms with E-state index in [-0.39, 0.29) is 6.04 Å². The number of aryl methyl sites for hydroxylation is 1. The maximum atomic E-state index is 12.6. The van der Waals surface area contributed by atoms with Crippen LogP contribution >= 0.6 is 0 Å². The van der Waals surface area contributed by atoms with Crippen molar-refractivity contribution in [2.45, 2.75) is 50.1 Å². The minimum absolute atomic E-state index is 0.282. The third-order valence-corrected chi connectivity index (χ3v) is 7.31. The van der Waals surface area contributed by atoms with Crippen LogP contribution in [0.1, 0.15) is 37.3 Å². The van der Waals surface area contributed by atoms with E-state index < -0.39 is 10.0 Å². The zero-order valence-corrected chi connectivity index (χ0v) is 18.7. The van der Waals surface area contributed by atoms with Crippen LogP contribution in [0.5, 0.6) is 0 Å². The molecule has 1 heterocycles. The minimum Gasteiger partial charge on any atom is -0.354 e. The van der Waals surface area contributed by atoms with Crippen molar-refractivity contribution >= 4 is 16.0 Å². The quantitative estimate of drug-likeness (QED) is 0.500. The fourth-order valence-corrected chi connectivity index (χ4v) is 5.09. The molecule has 1 aliphatic heterocycles. The highest BCUT2D eigenvalue weighted by molar-refractivity contribution is 7.89. The molecule has 0 spiro atoms. The molecule has 2 N–H and O–H groups in total. The summed E-state index contributed by atoms with van der Waals surface area (Å²) in [5.74, 6) is 0.740. The largest absolute Gasteiger partial charge is 0.354 e. The summed E-state index contributed by atoms with van der Waals surface area (Å²) in [4.78, 5) is 4.66. The van der Waals surface area contributed by atoms with E-state index in [1.54, 1.807) is 23.5 Å². The highest BCUT2D eigenvalue weighted by Gasteiger charge is 2.26. The second-order valence-corrected chi connectivity index (χ2v) is 9.69. The Balaban J connectivity index is 1.48. The molecule has 6 nitrogen and oxygen atoms in total. The first-order valence-corrected chi connectivity index (χ1v) is 12.0. The molecule has 162 valence electrons. The molecule has 0 aliphatic carbocycles. The maximum absolute atomic E-state index is 12.6. The Morgan fingerprint density at radius 1 is 1.03 bits per heavy atom. The van der Waals surface area contributed by atoms with Crippen molar-refractivity contribution in [3.05, 3.63) is 65.7 Å². The molecule has 0 radical (unpaired) electrons. The first-order chi connectivity index (χ1) is 14.5. The number of aliphatic imine (C=N–C) groups is 1. The van der Waals surface area contributed by atoms with Crippen LogP contribution in [-0.2, 0) is 23.0 Å². The average molecular weight is 429 g/mol. The number of rotatable bonds is 8. The Morgan fingerprint density at radius 3 is 2.33 bits per heavy atom. The third kappa shape index (κ3) is 6.06. The van der Waals surface area contributed by atoms with E-state index in [2.05, 4.69) is 46.8 Å². The van der Waals surface area contributed by atoms with Crippen molar-refractivity contribution in [1.82, 2.24) is 14.9 Å². The molecule has 0 saturated carbocycles. The lowest BCUT2D eigenvalue weighted by molar-refractivity contribution is 0.477. The smallest absolute Gasteiger partial charge is 0.243 e. The van der Waals surface area contributed by atoms with Gasteiger partial charge in [0.1, 0.15) is 0 Å². The standard InChI is InChI=1S/C23H32N4O2S/c1-19(10-11-20-8-4-3-5-9-20)26-23(24-2)25-18-21-12-14-22(15-13-21)30(28,29)27-16-6-7-17-27/h3-5,8-9,12-15,19H,6-7,10-11,16-18H2,1-2H3,(H2,24,25,26). The first-order valence-electron chi connectivity index (χ1n) is 10.6. The van der Waals surface area contributed by atoms with Gasteiger partial charge in [0.25, 0.3) is 0 Å². The fourth-order valence-electron chi connectivity index (χ4n) is 3.57. The molecule has 0 aromatic heterocycles. The summed E-state index contributed by atoms with van der Waals surface area (Å²) in [7, 11) is -1.60. The second-order valence-electron chi connectivity index (χ2n) is 7.75. The number of nitrogens with one attached hydrogen (secondary N) is 2. The summed E-state index contributed by atoms with van der Waals surface area (Å²) in [5.41, 5.74) is 2.34. The Hall–Kier alpha value is -2.38. The van der Waals surface area contributed by atoms with Crippen molar-refractivity contribution in [1.29, 1.82) is 0 Å². The summed E-state index contributed by atoms with van der Waals surface area (Å²) in [5, 5.41) is 6.72. The van der Waals surface area contributed by atoms with E-state index in [4.69, 9.17) is 0 Å². The molecule has 2 aromatic rings. The van der Waals surface area contributed by atoms with Crippen LogP contribution in [0, 0.1) is 0 Å². The molecule has 7 heteroatoms. The predicted octanol–water partition coefficient (Wildman–Crippen LogP) is 3.16. The number of nitrogens with zero attached hydrogens (tertiary/aromatic N) is 2. The van der Waals surface area contributed by atoms with Gasteiger partial charge < -0.3 is 10.6 Å². The van der Waals surface area contributed by atoms with Crippen molar-refractivity contribution in [3.63, 3.8) is 0 Å². The zero-order valence-electron chi connectivity index (χ0n) is 17.8. The second kappa shape index (κ2) is 10.6. The number of hydrogen-bond acceptors (Lipinski definition) is 3. The van der Waals surface area contributed by atoms with Crippen molar-refractivity contribution in [2.24, 2.45) is 4.99 Å². The van der Waals surface area contributed by atoms with Crippen molar-refractivity contribution < 1.29 is 8.42 Å². The summed E-state index contributed by atoms with van der Waals surface area (Å²) in [6.45, 7) is 3.97. The van der Waals surface area contributed by atoms with Gasteiger partial charge in [-0.2, -0.15) is 4.31 Å². The van der Waals surface area contributed by atoms with Crippen LogP contribution in [0.3, 0.4) is 0 Å². The zero-order chi connectivity index (χ0) is 21.4. The molecule has 1 aliphatic rings. The molecule has 1 fully saturated rings. The Morgan fingerprint density at radius 2 is 1.70 bits per heavy atom. The van der Waals surface area contributed by atoms with Gasteiger partial charge >= 0.3 is 0 Å². The lowest BCUT2D eigenvalue weighted by atomic mass is 10.1. The van der Waals surface area contributed by atoms with Crippen molar-refractivity contribution in [3.8, 4) is 0 Å². The van der Waals surface area contributed by atoms with Crippen molar-refractivity contribution in [2.75, 3.05) is 20.1 Å². The summed E-state index contributed by atoms with van der Waals surface area (Å²) in [6, 6.07) is 17.9. The number of guanidine groups is 1. The van der Waals surface area contributed by atoms with Gasteiger partial charge in [0, 0.05) is 32.7 Å². The van der Waals surface area contributed by atoms with Gasteiger partial charge in [0.05, 0.1) is 4.90 Å². The molecular formula is C23H32N4O2S. The van der Waals surface area contributed by atoms with E-state index in [1.807, 2.05) is 18.2 Å². The Bertz CT molecular complexity index is 921. The Kier molecular flexibility index (Phi) is 7.87. The molecule has 0 amide bonds. The minimum atomic E-state index is -3.36. The first kappa shape index (κ1) is 22.3. The molecule has 30 heavy (non-hydrogen) atoms. The number of sulfonamides is 1. The lowest BCUT2D eigenvalue weighted by Crippen LogP contribution is -2.42. The van der Waals surface area contributed by atoms with Gasteiger partial charge in [-0.25, -0.2) is 8.42 Å². The highest BCUT2D eigenvalue weighted by atomic mass is 32.2. The van der Waals surface area contributed by atoms with E-state index >= 15 is 0 Å². The van der Waals surface area contributed by atoms with Gasteiger partial charge in [0.15, 0.2) is 5.96 Å². The molecular weight excluding hydrogens is 396 g/mol. The normalized spacial score (nSPS) is 16.4. The predicted molar refractivity (Wildman–Crippen MR) is 122 cm³/mol. The van der Waals surface area contributed by atoms with Crippen LogP contribution in [0.2, 0.25) is 0 Å². The lowest BCUT2D eigenvalue weighted by Gasteiger charge is -2.18. The summed E-state index contributed by atoms with van der Waals surface area (Å²) in [6.07, 6.45) is 3.90. The van der Waals surface area contributed by atoms with E-state index in [0.29, 0.717) is 24.5 Å². The van der Waals surface area contributed by atoms with E-state index in [0.717, 1.165) is 37.2 Å². The topological polar surface area (TPSA) is 73.8 Å². The van der Waals surface area contributed by atoms with Gasteiger partial charge in [0.2, 0.25) is 10.0 Å². The van der Waals surface area contributed by atoms with E-state index in [9.17, 15) is 8.42 Å². The molecule has 3 rings (SSSR count). The highest BCUT2D eigenvalue weighted by Crippen LogP contribution is 2.21. The summed E-state index contributed by atoms with van der Waals surface area (Å²) >= 11 is 0. The Labute approximate surface area is 180 Å². The molecule has 1 atom stereocenters. The SMILES string of the molecule is CN=C(NCc1ccc(S(=O)(=O)N2CCCC2)cc1)NC(C)CCc1ccccc1. The van der Waals surface area contributed by atoms with Crippen LogP contribution < -0.4 is 10.6 Å². The molecule has 1 unspecified atom stereocenters. The number of benzene rings is 2. The van der Waals surface area contributed by atoms with Crippen LogP contribution in [0.25, 0.3) is 0 Å². The van der Waals surface area contributed by atoms with Gasteiger partial charge in [-0.15, -0.1) is 0 Å². The van der Waals surface area contributed by atoms with Crippen LogP contribution in [0.4, 0.5) is 0 Å². The monoisotopic (exact) mass is 428 g/mol. The van der Waals surface area contributed by atoms with Gasteiger partial charge in [-0.3, -0.25) is 4.99 Å². The van der Waals surface area contributed by atoms with E-state index in [1.165, 1.54) is 5.56 Å². The maximum Gasteiger partial charge on any atom is 0.243 e. The summed E-state index contributed by atoms with van der Waals surface area (Å²) < 4.78 is 26.8. The van der Waals surface area contributed by atoms with Crippen LogP contribution in [-0.4, -0.2) is 44.9 Å². The molecule has 2 aromatic carbocycles.